The molecule has 9 nitrogen and oxygen atoms in total. The maximum atomic E-state index is 13.3. The lowest BCUT2D eigenvalue weighted by Crippen LogP contribution is -2.30. The van der Waals surface area contributed by atoms with Crippen LogP contribution in [0.25, 0.3) is 0 Å². The quantitative estimate of drug-likeness (QED) is 0.410. The van der Waals surface area contributed by atoms with Gasteiger partial charge in [-0.15, -0.1) is 0 Å². The second-order valence-corrected chi connectivity index (χ2v) is 7.47. The van der Waals surface area contributed by atoms with Crippen LogP contribution >= 0.6 is 0 Å². The Balaban J connectivity index is 1.56. The zero-order valence-corrected chi connectivity index (χ0v) is 17.3. The first-order valence-electron chi connectivity index (χ1n) is 10.3. The minimum absolute atomic E-state index is 0.109. The number of nitro groups is 1. The molecule has 1 fully saturated rings. The molecule has 1 amide bonds. The van der Waals surface area contributed by atoms with E-state index in [0.29, 0.717) is 55.7 Å². The molecule has 164 valence electrons. The van der Waals surface area contributed by atoms with Crippen molar-refractivity contribution in [2.75, 3.05) is 45.3 Å². The lowest BCUT2D eigenvalue weighted by molar-refractivity contribution is -0.384. The van der Waals surface area contributed by atoms with Gasteiger partial charge in [-0.3, -0.25) is 14.9 Å². The summed E-state index contributed by atoms with van der Waals surface area (Å²) in [5, 5.41) is 14.5. The summed E-state index contributed by atoms with van der Waals surface area (Å²) in [5.74, 6) is 1.17. The van der Waals surface area contributed by atoms with E-state index in [1.54, 1.807) is 24.1 Å². The highest BCUT2D eigenvalue weighted by Gasteiger charge is 2.32. The number of amides is 1. The number of rotatable bonds is 7. The van der Waals surface area contributed by atoms with Crippen LogP contribution in [0.2, 0.25) is 0 Å². The predicted octanol–water partition coefficient (Wildman–Crippen LogP) is 3.40. The van der Waals surface area contributed by atoms with Crippen LogP contribution < -0.4 is 14.8 Å². The lowest BCUT2D eigenvalue weighted by Gasteiger charge is -2.27. The number of carbonyl (C=O) groups is 1. The Morgan fingerprint density at radius 3 is 2.81 bits per heavy atom. The second kappa shape index (κ2) is 9.22. The van der Waals surface area contributed by atoms with Gasteiger partial charge in [-0.25, -0.2) is 0 Å². The Hall–Kier alpha value is -3.33. The maximum absolute atomic E-state index is 13.3. The minimum Gasteiger partial charge on any atom is -0.486 e. The van der Waals surface area contributed by atoms with E-state index in [2.05, 4.69) is 5.32 Å². The molecule has 2 aliphatic heterocycles. The number of hydrogen-bond acceptors (Lipinski definition) is 7. The van der Waals surface area contributed by atoms with Gasteiger partial charge in [0.2, 0.25) is 0 Å². The zero-order chi connectivity index (χ0) is 21.8. The molecule has 1 N–H and O–H groups in total. The molecule has 1 saturated heterocycles. The zero-order valence-electron chi connectivity index (χ0n) is 17.3. The highest BCUT2D eigenvalue weighted by molar-refractivity contribution is 5.96. The molecule has 1 atom stereocenters. The minimum atomic E-state index is -0.478. The van der Waals surface area contributed by atoms with Crippen molar-refractivity contribution in [2.45, 2.75) is 18.9 Å². The summed E-state index contributed by atoms with van der Waals surface area (Å²) in [5.41, 5.74) is 1.51. The molecule has 2 aromatic carbocycles. The molecule has 2 heterocycles. The number of nitro benzene ring substituents is 1. The third-order valence-corrected chi connectivity index (χ3v) is 5.53. The van der Waals surface area contributed by atoms with E-state index < -0.39 is 4.92 Å². The van der Waals surface area contributed by atoms with E-state index in [-0.39, 0.29) is 17.6 Å². The Morgan fingerprint density at radius 2 is 2.03 bits per heavy atom. The number of benzene rings is 2. The van der Waals surface area contributed by atoms with E-state index in [4.69, 9.17) is 14.2 Å². The fourth-order valence-electron chi connectivity index (χ4n) is 4.04. The van der Waals surface area contributed by atoms with Gasteiger partial charge in [0.25, 0.3) is 11.6 Å². The number of carbonyl (C=O) groups excluding carboxylic acids is 1. The number of nitrogens with zero attached hydrogens (tertiary/aromatic N) is 2. The van der Waals surface area contributed by atoms with Crippen LogP contribution in [0.4, 0.5) is 11.4 Å². The summed E-state index contributed by atoms with van der Waals surface area (Å²) >= 11 is 0. The van der Waals surface area contributed by atoms with Crippen molar-refractivity contribution in [3.63, 3.8) is 0 Å². The van der Waals surface area contributed by atoms with Crippen molar-refractivity contribution in [1.82, 2.24) is 4.90 Å². The average molecular weight is 427 g/mol. The molecule has 0 unspecified atom stereocenters. The van der Waals surface area contributed by atoms with Crippen LogP contribution in [0.1, 0.15) is 34.8 Å². The van der Waals surface area contributed by atoms with Crippen LogP contribution in [0.5, 0.6) is 11.5 Å². The van der Waals surface area contributed by atoms with Crippen molar-refractivity contribution < 1.29 is 23.9 Å². The molecule has 4 rings (SSSR count). The summed E-state index contributed by atoms with van der Waals surface area (Å²) < 4.78 is 16.2. The van der Waals surface area contributed by atoms with E-state index >= 15 is 0 Å². The van der Waals surface area contributed by atoms with Gasteiger partial charge in [0.15, 0.2) is 11.5 Å². The fourth-order valence-corrected chi connectivity index (χ4v) is 4.04. The molecule has 0 radical (unpaired) electrons. The highest BCUT2D eigenvalue weighted by Crippen LogP contribution is 2.39. The van der Waals surface area contributed by atoms with E-state index in [1.807, 2.05) is 18.2 Å². The monoisotopic (exact) mass is 427 g/mol. The average Bonchev–Trinajstić information content (AvgIpc) is 3.28. The van der Waals surface area contributed by atoms with Gasteiger partial charge >= 0.3 is 0 Å². The second-order valence-electron chi connectivity index (χ2n) is 7.47. The Kier molecular flexibility index (Phi) is 6.22. The van der Waals surface area contributed by atoms with Gasteiger partial charge in [0, 0.05) is 31.8 Å². The third-order valence-electron chi connectivity index (χ3n) is 5.53. The van der Waals surface area contributed by atoms with Crippen molar-refractivity contribution in [2.24, 2.45) is 0 Å². The lowest BCUT2D eigenvalue weighted by atomic mass is 10.0. The Labute approximate surface area is 180 Å². The van der Waals surface area contributed by atoms with Crippen LogP contribution in [-0.2, 0) is 4.74 Å². The first kappa shape index (κ1) is 20.9. The maximum Gasteiger partial charge on any atom is 0.293 e. The molecule has 0 aromatic heterocycles. The summed E-state index contributed by atoms with van der Waals surface area (Å²) in [4.78, 5) is 26.1. The van der Waals surface area contributed by atoms with Gasteiger partial charge in [-0.05, 0) is 42.7 Å². The van der Waals surface area contributed by atoms with Gasteiger partial charge in [-0.2, -0.15) is 0 Å². The largest absolute Gasteiger partial charge is 0.486 e. The van der Waals surface area contributed by atoms with E-state index in [0.717, 1.165) is 18.4 Å². The third kappa shape index (κ3) is 4.41. The Bertz CT molecular complexity index is 980. The summed E-state index contributed by atoms with van der Waals surface area (Å²) in [7, 11) is 1.56. The smallest absolute Gasteiger partial charge is 0.293 e. The van der Waals surface area contributed by atoms with Gasteiger partial charge in [0.1, 0.15) is 18.9 Å². The van der Waals surface area contributed by atoms with Crippen molar-refractivity contribution in [3.05, 3.63) is 57.6 Å². The molecule has 0 aliphatic carbocycles. The number of hydrogen-bond donors (Lipinski definition) is 1. The molecule has 2 aliphatic rings. The van der Waals surface area contributed by atoms with Gasteiger partial charge in [-0.1, -0.05) is 6.07 Å². The number of likely N-dealkylation sites (tertiary alicyclic amines) is 1. The fraction of sp³-hybridized carbons (Fsp3) is 0.409. The van der Waals surface area contributed by atoms with Gasteiger partial charge in [0.05, 0.1) is 17.6 Å². The molecular formula is C22H25N3O6. The van der Waals surface area contributed by atoms with Crippen molar-refractivity contribution in [1.29, 1.82) is 0 Å². The number of anilines is 1. The predicted molar refractivity (Wildman–Crippen MR) is 114 cm³/mol. The summed E-state index contributed by atoms with van der Waals surface area (Å²) in [6.45, 7) is 2.47. The van der Waals surface area contributed by atoms with E-state index in [1.165, 1.54) is 6.07 Å². The van der Waals surface area contributed by atoms with Crippen LogP contribution in [0.3, 0.4) is 0 Å². The molecule has 0 bridgehead atoms. The molecule has 2 aromatic rings. The van der Waals surface area contributed by atoms with Gasteiger partial charge < -0.3 is 24.4 Å². The first-order chi connectivity index (χ1) is 15.1. The van der Waals surface area contributed by atoms with Crippen LogP contribution in [-0.4, -0.2) is 55.8 Å². The van der Waals surface area contributed by atoms with Crippen molar-refractivity contribution >= 4 is 17.3 Å². The molecule has 31 heavy (non-hydrogen) atoms. The standard InChI is InChI=1S/C22H25N3O6/c1-29-10-8-23-17-6-4-16(13-19(17)25(27)28)22(26)24-9-2-3-18(24)15-5-7-20-21(14-15)31-12-11-30-20/h4-7,13-14,18,23H,2-3,8-12H2,1H3/t18-/m0/s1. The molecular weight excluding hydrogens is 402 g/mol. The number of ether oxygens (including phenoxy) is 3. The Morgan fingerprint density at radius 1 is 1.23 bits per heavy atom. The highest BCUT2D eigenvalue weighted by atomic mass is 16.6. The van der Waals surface area contributed by atoms with Crippen LogP contribution in [0.15, 0.2) is 36.4 Å². The SMILES string of the molecule is COCCNc1ccc(C(=O)N2CCC[C@H]2c2ccc3c(c2)OCCO3)cc1[N+](=O)[O-]. The topological polar surface area (TPSA) is 103 Å². The molecule has 0 saturated carbocycles. The first-order valence-corrected chi connectivity index (χ1v) is 10.3. The summed E-state index contributed by atoms with van der Waals surface area (Å²) in [6.07, 6.45) is 1.69. The number of fused-ring (bicyclic) bond motifs is 1. The number of nitrogens with one attached hydrogen (secondary N) is 1. The van der Waals surface area contributed by atoms with E-state index in [9.17, 15) is 14.9 Å². The normalized spacial score (nSPS) is 17.5. The molecule has 9 heteroatoms. The number of methoxy groups -OCH3 is 1. The molecule has 0 spiro atoms. The van der Waals surface area contributed by atoms with Crippen LogP contribution in [0, 0.1) is 10.1 Å². The van der Waals surface area contributed by atoms with Crippen molar-refractivity contribution in [3.8, 4) is 11.5 Å². The summed E-state index contributed by atoms with van der Waals surface area (Å²) in [6, 6.07) is 10.2.